The van der Waals surface area contributed by atoms with Gasteiger partial charge in [-0.15, -0.1) is 4.84 Å². The molecule has 0 heterocycles. The maximum atomic E-state index is 5.62. The first-order valence-corrected chi connectivity index (χ1v) is 5.08. The van der Waals surface area contributed by atoms with Gasteiger partial charge in [0.25, 0.3) is 0 Å². The van der Waals surface area contributed by atoms with Gasteiger partial charge in [-0.05, 0) is 11.0 Å². The lowest BCUT2D eigenvalue weighted by atomic mass is 10.2. The molecule has 12 heavy (non-hydrogen) atoms. The van der Waals surface area contributed by atoms with Gasteiger partial charge in [0.15, 0.2) is 13.1 Å². The molecule has 0 atom stereocenters. The first kappa shape index (κ1) is 11.9. The molecule has 0 amide bonds. The maximum Gasteiger partial charge on any atom is 0.159 e. The molecule has 0 unspecified atom stereocenters. The van der Waals surface area contributed by atoms with Crippen molar-refractivity contribution in [2.24, 2.45) is 5.92 Å². The van der Waals surface area contributed by atoms with E-state index in [1.165, 1.54) is 0 Å². The molecule has 0 aliphatic heterocycles. The minimum Gasteiger partial charge on any atom is -0.148 e. The molecular weight excluding hydrogens is 150 g/mol. The van der Waals surface area contributed by atoms with E-state index in [1.807, 2.05) is 0 Å². The Morgan fingerprint density at radius 2 is 1.58 bits per heavy atom. The molecule has 0 saturated carbocycles. The van der Waals surface area contributed by atoms with E-state index in [0.717, 1.165) is 32.5 Å². The Hall–Kier alpha value is -0.0800. The van der Waals surface area contributed by atoms with Crippen LogP contribution in [0.4, 0.5) is 0 Å². The second-order valence-corrected chi connectivity index (χ2v) is 3.62. The van der Waals surface area contributed by atoms with Gasteiger partial charge >= 0.3 is 0 Å². The molecule has 0 N–H and O–H groups in total. The summed E-state index contributed by atoms with van der Waals surface area (Å²) in [5.41, 5.74) is 0. The van der Waals surface area contributed by atoms with Gasteiger partial charge in [-0.2, -0.15) is 0 Å². The van der Waals surface area contributed by atoms with Crippen molar-refractivity contribution in [1.82, 2.24) is 5.06 Å². The predicted molar refractivity (Wildman–Crippen MR) is 53.2 cm³/mol. The number of nitrogens with zero attached hydrogens (tertiary/aromatic N) is 1. The third-order valence-electron chi connectivity index (χ3n) is 1.54. The first-order valence-electron chi connectivity index (χ1n) is 5.08. The van der Waals surface area contributed by atoms with Crippen molar-refractivity contribution >= 4 is 0 Å². The van der Waals surface area contributed by atoms with Crippen LogP contribution in [0.3, 0.4) is 0 Å². The van der Waals surface area contributed by atoms with E-state index in [1.54, 1.807) is 0 Å². The number of hydroxylamine groups is 2. The van der Waals surface area contributed by atoms with Crippen molar-refractivity contribution in [3.05, 3.63) is 0 Å². The Kier molecular flexibility index (Phi) is 7.51. The highest BCUT2D eigenvalue weighted by molar-refractivity contribution is 4.50. The summed E-state index contributed by atoms with van der Waals surface area (Å²) >= 11 is 0. The van der Waals surface area contributed by atoms with Crippen molar-refractivity contribution in [3.63, 3.8) is 0 Å². The first-order chi connectivity index (χ1) is 5.70. The smallest absolute Gasteiger partial charge is 0.148 e. The SMILES string of the molecule is CCC[N+](CCC)OCC(C)C. The molecule has 0 aromatic heterocycles. The fraction of sp³-hybridized carbons (Fsp3) is 1.00. The number of hydrogen-bond donors (Lipinski definition) is 0. The van der Waals surface area contributed by atoms with E-state index in [0.29, 0.717) is 5.92 Å². The van der Waals surface area contributed by atoms with Crippen LogP contribution in [-0.2, 0) is 4.84 Å². The Balaban J connectivity index is 3.48. The Morgan fingerprint density at radius 3 is 1.92 bits per heavy atom. The standard InChI is InChI=1S/C10H23NO/c1-5-7-11(8-6-2)12-9-10(3)4/h10H,5-9H2,1-4H3/q+1. The van der Waals surface area contributed by atoms with Crippen LogP contribution in [0, 0.1) is 5.92 Å². The average molecular weight is 173 g/mol. The molecule has 73 valence electrons. The molecule has 0 bridgehead atoms. The van der Waals surface area contributed by atoms with Crippen LogP contribution in [-0.4, -0.2) is 19.7 Å². The quantitative estimate of drug-likeness (QED) is 0.426. The van der Waals surface area contributed by atoms with Crippen LogP contribution in [0.15, 0.2) is 0 Å². The third kappa shape index (κ3) is 6.62. The summed E-state index contributed by atoms with van der Waals surface area (Å²) in [7, 11) is 0. The molecule has 2 nitrogen and oxygen atoms in total. The summed E-state index contributed by atoms with van der Waals surface area (Å²) in [6.45, 7) is 11.7. The molecule has 0 fully saturated rings. The van der Waals surface area contributed by atoms with E-state index in [-0.39, 0.29) is 0 Å². The monoisotopic (exact) mass is 173 g/mol. The van der Waals surface area contributed by atoms with E-state index < -0.39 is 0 Å². The highest BCUT2D eigenvalue weighted by Gasteiger charge is 2.14. The number of hydrogen-bond acceptors (Lipinski definition) is 2. The largest absolute Gasteiger partial charge is 0.159 e. The lowest BCUT2D eigenvalue weighted by molar-refractivity contribution is -0.0822. The summed E-state index contributed by atoms with van der Waals surface area (Å²) < 4.78 is 0. The molecule has 1 radical (unpaired) electrons. The summed E-state index contributed by atoms with van der Waals surface area (Å²) in [4.78, 5) is 5.62. The van der Waals surface area contributed by atoms with Crippen LogP contribution in [0.1, 0.15) is 40.5 Å². The molecule has 0 aromatic carbocycles. The van der Waals surface area contributed by atoms with Crippen molar-refractivity contribution in [2.75, 3.05) is 19.7 Å². The molecule has 0 rings (SSSR count). The van der Waals surface area contributed by atoms with Gasteiger partial charge in [-0.1, -0.05) is 27.7 Å². The van der Waals surface area contributed by atoms with Gasteiger partial charge in [0, 0.05) is 12.8 Å². The maximum absolute atomic E-state index is 5.62. The zero-order chi connectivity index (χ0) is 9.40. The second-order valence-electron chi connectivity index (χ2n) is 3.62. The zero-order valence-corrected chi connectivity index (χ0v) is 8.97. The number of rotatable bonds is 7. The van der Waals surface area contributed by atoms with E-state index in [9.17, 15) is 0 Å². The molecule has 0 aliphatic rings. The molecule has 2 heteroatoms. The van der Waals surface area contributed by atoms with Gasteiger partial charge in [-0.25, -0.2) is 0 Å². The summed E-state index contributed by atoms with van der Waals surface area (Å²) in [5, 5.41) is 2.08. The average Bonchev–Trinajstić information content (AvgIpc) is 2.01. The topological polar surface area (TPSA) is 15.1 Å². The van der Waals surface area contributed by atoms with Gasteiger partial charge in [-0.3, -0.25) is 0 Å². The highest BCUT2D eigenvalue weighted by atomic mass is 16.7. The Bertz CT molecular complexity index is 87.8. The Morgan fingerprint density at radius 1 is 1.08 bits per heavy atom. The van der Waals surface area contributed by atoms with E-state index in [4.69, 9.17) is 4.84 Å². The van der Waals surface area contributed by atoms with Crippen molar-refractivity contribution in [2.45, 2.75) is 40.5 Å². The van der Waals surface area contributed by atoms with Crippen LogP contribution in [0.25, 0.3) is 0 Å². The van der Waals surface area contributed by atoms with E-state index >= 15 is 0 Å². The van der Waals surface area contributed by atoms with Gasteiger partial charge in [0.1, 0.15) is 6.61 Å². The predicted octanol–water partition coefficient (Wildman–Crippen LogP) is 2.53. The van der Waals surface area contributed by atoms with Gasteiger partial charge in [0.2, 0.25) is 0 Å². The normalized spacial score (nSPS) is 11.5. The molecular formula is C10H23NO+. The van der Waals surface area contributed by atoms with Crippen LogP contribution in [0.5, 0.6) is 0 Å². The van der Waals surface area contributed by atoms with Crippen LogP contribution < -0.4 is 5.06 Å². The third-order valence-corrected chi connectivity index (χ3v) is 1.54. The summed E-state index contributed by atoms with van der Waals surface area (Å²) in [6, 6.07) is 0. The minimum absolute atomic E-state index is 0.626. The van der Waals surface area contributed by atoms with Gasteiger partial charge < -0.3 is 0 Å². The molecule has 0 aromatic rings. The molecule has 0 aliphatic carbocycles. The minimum atomic E-state index is 0.626. The van der Waals surface area contributed by atoms with Crippen molar-refractivity contribution in [1.29, 1.82) is 0 Å². The lowest BCUT2D eigenvalue weighted by Crippen LogP contribution is -2.33. The lowest BCUT2D eigenvalue weighted by Gasteiger charge is -2.09. The highest BCUT2D eigenvalue weighted by Crippen LogP contribution is 1.97. The fourth-order valence-electron chi connectivity index (χ4n) is 0.994. The summed E-state index contributed by atoms with van der Waals surface area (Å²) in [5.74, 6) is 0.626. The molecule has 0 saturated heterocycles. The summed E-state index contributed by atoms with van der Waals surface area (Å²) in [6.07, 6.45) is 2.33. The van der Waals surface area contributed by atoms with Crippen LogP contribution in [0.2, 0.25) is 0 Å². The second kappa shape index (κ2) is 7.56. The zero-order valence-electron chi connectivity index (χ0n) is 8.97. The van der Waals surface area contributed by atoms with E-state index in [2.05, 4.69) is 32.8 Å². The van der Waals surface area contributed by atoms with Crippen molar-refractivity contribution < 1.29 is 4.84 Å². The van der Waals surface area contributed by atoms with Gasteiger partial charge in [0.05, 0.1) is 0 Å². The molecule has 0 spiro atoms. The fourth-order valence-corrected chi connectivity index (χ4v) is 0.994. The van der Waals surface area contributed by atoms with Crippen molar-refractivity contribution in [3.8, 4) is 0 Å². The van der Waals surface area contributed by atoms with Crippen LogP contribution >= 0.6 is 0 Å². The Labute approximate surface area is 76.9 Å².